The van der Waals surface area contributed by atoms with E-state index in [0.717, 1.165) is 11.0 Å². The minimum atomic E-state index is -0.613. The molecule has 3 aromatic rings. The van der Waals surface area contributed by atoms with Crippen molar-refractivity contribution < 1.29 is 23.5 Å². The van der Waals surface area contributed by atoms with E-state index in [-0.39, 0.29) is 22.9 Å². The molecule has 34 heavy (non-hydrogen) atoms. The molecule has 0 radical (unpaired) electrons. The Hall–Kier alpha value is -4.46. The summed E-state index contributed by atoms with van der Waals surface area (Å²) in [6.45, 7) is 3.73. The van der Waals surface area contributed by atoms with Crippen molar-refractivity contribution in [3.8, 4) is 5.75 Å². The van der Waals surface area contributed by atoms with Crippen LogP contribution in [0, 0.1) is 5.82 Å². The highest BCUT2D eigenvalue weighted by Gasteiger charge is 2.40. The van der Waals surface area contributed by atoms with Gasteiger partial charge in [0.15, 0.2) is 0 Å². The number of nitrogens with zero attached hydrogens (tertiary/aromatic N) is 1. The van der Waals surface area contributed by atoms with Crippen molar-refractivity contribution in [1.29, 1.82) is 0 Å². The van der Waals surface area contributed by atoms with Crippen LogP contribution < -0.4 is 20.3 Å². The van der Waals surface area contributed by atoms with E-state index in [1.54, 1.807) is 48.5 Å². The Bertz CT molecular complexity index is 1300. The topological polar surface area (TPSA) is 87.7 Å². The first-order chi connectivity index (χ1) is 16.4. The molecule has 0 aliphatic carbocycles. The van der Waals surface area contributed by atoms with Gasteiger partial charge in [0.2, 0.25) is 5.91 Å². The molecule has 0 saturated carbocycles. The lowest BCUT2D eigenvalue weighted by Crippen LogP contribution is -2.32. The summed E-state index contributed by atoms with van der Waals surface area (Å²) >= 11 is 0. The molecule has 0 atom stereocenters. The summed E-state index contributed by atoms with van der Waals surface area (Å²) in [6.07, 6.45) is 0. The summed E-state index contributed by atoms with van der Waals surface area (Å²) < 4.78 is 19.4. The number of nitrogens with one attached hydrogen (secondary N) is 2. The van der Waals surface area contributed by atoms with Gasteiger partial charge in [0, 0.05) is 24.4 Å². The Balaban J connectivity index is 1.78. The Labute approximate surface area is 195 Å². The Kier molecular flexibility index (Phi) is 6.40. The van der Waals surface area contributed by atoms with Gasteiger partial charge in [-0.05, 0) is 55.0 Å². The normalized spacial score (nSPS) is 13.3. The van der Waals surface area contributed by atoms with Gasteiger partial charge in [-0.3, -0.25) is 14.4 Å². The summed E-state index contributed by atoms with van der Waals surface area (Å²) in [5.74, 6) is -1.39. The van der Waals surface area contributed by atoms with E-state index in [1.165, 1.54) is 25.1 Å². The van der Waals surface area contributed by atoms with Crippen molar-refractivity contribution in [3.63, 3.8) is 0 Å². The zero-order valence-corrected chi connectivity index (χ0v) is 18.6. The highest BCUT2D eigenvalue weighted by Crippen LogP contribution is 2.34. The number of benzene rings is 3. The van der Waals surface area contributed by atoms with Crippen LogP contribution in [0.25, 0.3) is 5.57 Å². The molecule has 0 saturated heterocycles. The second-order valence-corrected chi connectivity index (χ2v) is 7.52. The van der Waals surface area contributed by atoms with Crippen LogP contribution in [-0.4, -0.2) is 24.3 Å². The molecule has 0 unspecified atom stereocenters. The number of carbonyl (C=O) groups is 3. The predicted octanol–water partition coefficient (Wildman–Crippen LogP) is 4.58. The molecule has 8 heteroatoms. The van der Waals surface area contributed by atoms with E-state index in [9.17, 15) is 18.8 Å². The fourth-order valence-corrected chi connectivity index (χ4v) is 3.66. The van der Waals surface area contributed by atoms with Gasteiger partial charge in [-0.2, -0.15) is 0 Å². The van der Waals surface area contributed by atoms with Gasteiger partial charge in [0.05, 0.1) is 17.9 Å². The number of hydrogen-bond donors (Lipinski definition) is 2. The first kappa shape index (κ1) is 22.7. The maximum Gasteiger partial charge on any atom is 0.282 e. The van der Waals surface area contributed by atoms with Gasteiger partial charge in [0.25, 0.3) is 11.8 Å². The van der Waals surface area contributed by atoms with Crippen molar-refractivity contribution in [2.45, 2.75) is 13.8 Å². The van der Waals surface area contributed by atoms with Gasteiger partial charge in [-0.15, -0.1) is 0 Å². The van der Waals surface area contributed by atoms with Crippen molar-refractivity contribution in [2.75, 3.05) is 22.1 Å². The van der Waals surface area contributed by atoms with Crippen LogP contribution in [0.15, 0.2) is 78.5 Å². The van der Waals surface area contributed by atoms with Crippen molar-refractivity contribution >= 4 is 40.4 Å². The van der Waals surface area contributed by atoms with E-state index >= 15 is 0 Å². The lowest BCUT2D eigenvalue weighted by atomic mass is 10.0. The van der Waals surface area contributed by atoms with Crippen LogP contribution in [0.5, 0.6) is 5.75 Å². The van der Waals surface area contributed by atoms with Crippen molar-refractivity contribution in [3.05, 3.63) is 89.9 Å². The van der Waals surface area contributed by atoms with Crippen molar-refractivity contribution in [2.24, 2.45) is 0 Å². The lowest BCUT2D eigenvalue weighted by molar-refractivity contribution is -0.120. The highest BCUT2D eigenvalue weighted by molar-refractivity contribution is 6.46. The summed E-state index contributed by atoms with van der Waals surface area (Å²) in [5.41, 5.74) is 1.88. The largest absolute Gasteiger partial charge is 0.494 e. The molecule has 0 aromatic heterocycles. The quantitative estimate of drug-likeness (QED) is 0.505. The first-order valence-electron chi connectivity index (χ1n) is 10.6. The van der Waals surface area contributed by atoms with E-state index in [4.69, 9.17) is 4.74 Å². The number of amides is 3. The molecular formula is C26H22FN3O4. The van der Waals surface area contributed by atoms with Gasteiger partial charge < -0.3 is 15.4 Å². The fourth-order valence-electron chi connectivity index (χ4n) is 3.66. The summed E-state index contributed by atoms with van der Waals surface area (Å²) in [7, 11) is 0. The number of carbonyl (C=O) groups excluding carboxylic acids is 3. The Morgan fingerprint density at radius 3 is 2.35 bits per heavy atom. The maximum atomic E-state index is 13.9. The molecule has 7 nitrogen and oxygen atoms in total. The van der Waals surface area contributed by atoms with Crippen LogP contribution >= 0.6 is 0 Å². The zero-order chi connectivity index (χ0) is 24.2. The molecule has 1 heterocycles. The summed E-state index contributed by atoms with van der Waals surface area (Å²) in [4.78, 5) is 39.1. The maximum absolute atomic E-state index is 13.9. The second-order valence-electron chi connectivity index (χ2n) is 7.52. The molecule has 1 aliphatic heterocycles. The van der Waals surface area contributed by atoms with Gasteiger partial charge in [-0.1, -0.05) is 24.3 Å². The molecule has 3 amide bonds. The first-order valence-corrected chi connectivity index (χ1v) is 10.6. The average molecular weight is 459 g/mol. The lowest BCUT2D eigenvalue weighted by Gasteiger charge is -2.15. The third-order valence-electron chi connectivity index (χ3n) is 5.06. The molecule has 2 N–H and O–H groups in total. The third kappa shape index (κ3) is 4.66. The second kappa shape index (κ2) is 9.58. The SMILES string of the molecule is CCOc1cccc(NC2=C(c3ccc(NC(C)=O)cc3)C(=O)N(c3cccc(F)c3)C2=O)c1. The monoisotopic (exact) mass is 459 g/mol. The van der Waals surface area contributed by atoms with Crippen LogP contribution in [0.2, 0.25) is 0 Å². The molecule has 172 valence electrons. The van der Waals surface area contributed by atoms with Crippen LogP contribution in [0.4, 0.5) is 21.5 Å². The van der Waals surface area contributed by atoms with Gasteiger partial charge in [0.1, 0.15) is 17.3 Å². The minimum absolute atomic E-state index is 0.0511. The third-order valence-corrected chi connectivity index (χ3v) is 5.06. The van der Waals surface area contributed by atoms with Crippen LogP contribution in [-0.2, 0) is 14.4 Å². The number of halogens is 1. The van der Waals surface area contributed by atoms with Crippen molar-refractivity contribution in [1.82, 2.24) is 0 Å². The average Bonchev–Trinajstić information content (AvgIpc) is 3.04. The number of imide groups is 1. The number of anilines is 3. The number of hydrogen-bond acceptors (Lipinski definition) is 5. The molecular weight excluding hydrogens is 437 g/mol. The zero-order valence-electron chi connectivity index (χ0n) is 18.6. The van der Waals surface area contributed by atoms with Gasteiger partial charge >= 0.3 is 0 Å². The molecule has 0 bridgehead atoms. The summed E-state index contributed by atoms with van der Waals surface area (Å²) in [5, 5.41) is 5.72. The smallest absolute Gasteiger partial charge is 0.282 e. The van der Waals surface area contributed by atoms with Crippen LogP contribution in [0.1, 0.15) is 19.4 Å². The Morgan fingerprint density at radius 2 is 1.68 bits per heavy atom. The Morgan fingerprint density at radius 1 is 0.941 bits per heavy atom. The summed E-state index contributed by atoms with van der Waals surface area (Å²) in [6, 6.07) is 18.9. The number of ether oxygens (including phenoxy) is 1. The number of rotatable bonds is 7. The molecule has 0 spiro atoms. The van der Waals surface area contributed by atoms with E-state index in [2.05, 4.69) is 10.6 Å². The predicted molar refractivity (Wildman–Crippen MR) is 128 cm³/mol. The molecule has 1 aliphatic rings. The highest BCUT2D eigenvalue weighted by atomic mass is 19.1. The van der Waals surface area contributed by atoms with E-state index < -0.39 is 17.6 Å². The fraction of sp³-hybridized carbons (Fsp3) is 0.115. The molecule has 4 rings (SSSR count). The van der Waals surface area contributed by atoms with E-state index in [1.807, 2.05) is 6.92 Å². The standard InChI is InChI=1S/C26H22FN3O4/c1-3-34-22-9-5-7-20(15-22)29-24-23(17-10-12-19(13-11-17)28-16(2)31)25(32)30(26(24)33)21-8-4-6-18(27)14-21/h4-15,29H,3H2,1-2H3,(H,28,31). The molecule has 3 aromatic carbocycles. The molecule has 0 fully saturated rings. The van der Waals surface area contributed by atoms with Gasteiger partial charge in [-0.25, -0.2) is 9.29 Å². The van der Waals surface area contributed by atoms with Crippen LogP contribution in [0.3, 0.4) is 0 Å². The van der Waals surface area contributed by atoms with E-state index in [0.29, 0.717) is 29.3 Å². The minimum Gasteiger partial charge on any atom is -0.494 e.